The molecule has 5 heteroatoms. The van der Waals surface area contributed by atoms with E-state index < -0.39 is 0 Å². The molecule has 1 aromatic carbocycles. The number of carbonyl (C=O) groups is 1. The topological polar surface area (TPSA) is 72.8 Å². The van der Waals surface area contributed by atoms with Crippen LogP contribution in [0.15, 0.2) is 48.2 Å². The number of phenolic OH excluding ortho intramolecular Hbond substituents is 2. The lowest BCUT2D eigenvalue weighted by Crippen LogP contribution is -2.31. The van der Waals surface area contributed by atoms with E-state index in [4.69, 9.17) is 0 Å². The molecule has 1 atom stereocenters. The second kappa shape index (κ2) is 11.1. The molecule has 1 aliphatic heterocycles. The number of fused-ring (bicyclic) bond motifs is 1. The van der Waals surface area contributed by atoms with E-state index in [2.05, 4.69) is 46.2 Å². The number of amides is 1. The maximum absolute atomic E-state index is 12.9. The third-order valence-electron chi connectivity index (χ3n) is 5.88. The van der Waals surface area contributed by atoms with Crippen molar-refractivity contribution >= 4 is 17.3 Å². The van der Waals surface area contributed by atoms with E-state index in [-0.39, 0.29) is 23.0 Å². The van der Waals surface area contributed by atoms with Gasteiger partial charge in [0.2, 0.25) is 0 Å². The highest BCUT2D eigenvalue weighted by atomic mass is 16.3. The monoisotopic (exact) mass is 426 g/mol. The standard InChI is InChI=1S/C26H38N2O3/c1-17(2)9-7-10-18(3)11-8-12-19(4)13-14-28-23-15-22(29)16-24(30)25(23)27-21(6)20(5)26(28)31/h13,15-18,27,29-30H,5-12,14H2,1-4H3/b19-13+. The highest BCUT2D eigenvalue weighted by Gasteiger charge is 2.28. The molecule has 1 amide bonds. The molecule has 2 rings (SSSR count). The summed E-state index contributed by atoms with van der Waals surface area (Å²) >= 11 is 0. The number of rotatable bonds is 10. The first-order chi connectivity index (χ1) is 14.6. The fourth-order valence-corrected chi connectivity index (χ4v) is 3.84. The molecular formula is C26H38N2O3. The van der Waals surface area contributed by atoms with Crippen molar-refractivity contribution in [1.29, 1.82) is 0 Å². The number of aromatic hydroxyl groups is 2. The molecule has 1 heterocycles. The summed E-state index contributed by atoms with van der Waals surface area (Å²) in [6, 6.07) is 2.70. The molecule has 170 valence electrons. The van der Waals surface area contributed by atoms with E-state index in [0.29, 0.717) is 23.6 Å². The van der Waals surface area contributed by atoms with Crippen LogP contribution in [0.1, 0.15) is 66.2 Å². The molecule has 5 nitrogen and oxygen atoms in total. The van der Waals surface area contributed by atoms with Crippen molar-refractivity contribution in [1.82, 2.24) is 0 Å². The maximum atomic E-state index is 12.9. The van der Waals surface area contributed by atoms with Crippen LogP contribution in [0.25, 0.3) is 0 Å². The Morgan fingerprint density at radius 3 is 2.48 bits per heavy atom. The van der Waals surface area contributed by atoms with Crippen LogP contribution >= 0.6 is 0 Å². The van der Waals surface area contributed by atoms with E-state index >= 15 is 0 Å². The third kappa shape index (κ3) is 6.91. The molecule has 0 fully saturated rings. The number of carbonyl (C=O) groups excluding carboxylic acids is 1. The van der Waals surface area contributed by atoms with Gasteiger partial charge in [-0.25, -0.2) is 0 Å². The van der Waals surface area contributed by atoms with Crippen LogP contribution in [-0.2, 0) is 4.79 Å². The lowest BCUT2D eigenvalue weighted by molar-refractivity contribution is -0.114. The predicted octanol–water partition coefficient (Wildman–Crippen LogP) is 6.51. The van der Waals surface area contributed by atoms with Gasteiger partial charge in [0.25, 0.3) is 5.91 Å². The number of allylic oxidation sites excluding steroid dienone is 1. The Hall–Kier alpha value is -2.69. The van der Waals surface area contributed by atoms with Crippen molar-refractivity contribution < 1.29 is 15.0 Å². The van der Waals surface area contributed by atoms with E-state index in [1.54, 1.807) is 0 Å². The SMILES string of the molecule is C=C1Nc2c(O)cc(O)cc2N(C/C=C(\C)CCCC(C)CCCC(C)C)C(=O)C1=C. The van der Waals surface area contributed by atoms with Crippen LogP contribution in [0.4, 0.5) is 11.4 Å². The molecule has 0 bridgehead atoms. The van der Waals surface area contributed by atoms with Gasteiger partial charge in [-0.3, -0.25) is 4.79 Å². The van der Waals surface area contributed by atoms with Gasteiger partial charge in [-0.05, 0) is 31.6 Å². The molecule has 3 N–H and O–H groups in total. The summed E-state index contributed by atoms with van der Waals surface area (Å²) in [7, 11) is 0. The molecule has 0 spiro atoms. The molecule has 1 aliphatic rings. The van der Waals surface area contributed by atoms with Crippen LogP contribution in [0.2, 0.25) is 0 Å². The minimum atomic E-state index is -0.302. The average molecular weight is 427 g/mol. The first-order valence-electron chi connectivity index (χ1n) is 11.3. The molecular weight excluding hydrogens is 388 g/mol. The van der Waals surface area contributed by atoms with Crippen LogP contribution < -0.4 is 10.2 Å². The number of nitrogens with one attached hydrogen (secondary N) is 1. The number of benzene rings is 1. The Morgan fingerprint density at radius 1 is 1.13 bits per heavy atom. The fourth-order valence-electron chi connectivity index (χ4n) is 3.84. The second-order valence-electron chi connectivity index (χ2n) is 9.23. The van der Waals surface area contributed by atoms with Crippen molar-refractivity contribution in [2.75, 3.05) is 16.8 Å². The Morgan fingerprint density at radius 2 is 1.81 bits per heavy atom. The summed E-state index contributed by atoms with van der Waals surface area (Å²) in [6.45, 7) is 17.0. The molecule has 1 unspecified atom stereocenters. The normalized spacial score (nSPS) is 15.7. The van der Waals surface area contributed by atoms with Gasteiger partial charge in [-0.1, -0.05) is 71.3 Å². The van der Waals surface area contributed by atoms with Crippen molar-refractivity contribution in [2.24, 2.45) is 11.8 Å². The first-order valence-corrected chi connectivity index (χ1v) is 11.3. The lowest BCUT2D eigenvalue weighted by atomic mass is 9.94. The largest absolute Gasteiger partial charge is 0.508 e. The molecule has 0 aromatic heterocycles. The van der Waals surface area contributed by atoms with Gasteiger partial charge in [0.1, 0.15) is 17.2 Å². The number of nitrogens with zero attached hydrogens (tertiary/aromatic N) is 1. The molecule has 31 heavy (non-hydrogen) atoms. The van der Waals surface area contributed by atoms with Crippen LogP contribution in [0.3, 0.4) is 0 Å². The van der Waals surface area contributed by atoms with Gasteiger partial charge in [0, 0.05) is 24.4 Å². The average Bonchev–Trinajstić information content (AvgIpc) is 2.77. The Bertz CT molecular complexity index is 854. The molecule has 1 aromatic rings. The van der Waals surface area contributed by atoms with Gasteiger partial charge in [0.15, 0.2) is 0 Å². The zero-order chi connectivity index (χ0) is 23.1. The highest BCUT2D eigenvalue weighted by Crippen LogP contribution is 2.42. The summed E-state index contributed by atoms with van der Waals surface area (Å²) < 4.78 is 0. The number of phenols is 2. The van der Waals surface area contributed by atoms with Crippen LogP contribution in [0.5, 0.6) is 11.5 Å². The highest BCUT2D eigenvalue weighted by molar-refractivity contribution is 6.12. The molecule has 0 saturated carbocycles. The van der Waals surface area contributed by atoms with Crippen molar-refractivity contribution in [3.05, 3.63) is 48.2 Å². The Kier molecular flexibility index (Phi) is 8.78. The Labute approximate surface area is 187 Å². The maximum Gasteiger partial charge on any atom is 0.260 e. The summed E-state index contributed by atoms with van der Waals surface area (Å²) in [6.07, 6.45) is 9.24. The van der Waals surface area contributed by atoms with Gasteiger partial charge in [-0.2, -0.15) is 0 Å². The number of anilines is 2. The number of hydrogen-bond acceptors (Lipinski definition) is 4. The second-order valence-corrected chi connectivity index (χ2v) is 9.23. The first kappa shape index (κ1) is 24.6. The van der Waals surface area contributed by atoms with E-state index in [1.807, 2.05) is 6.08 Å². The minimum Gasteiger partial charge on any atom is -0.508 e. The van der Waals surface area contributed by atoms with E-state index in [9.17, 15) is 15.0 Å². The molecule has 0 aliphatic carbocycles. The van der Waals surface area contributed by atoms with Crippen molar-refractivity contribution in [3.63, 3.8) is 0 Å². The predicted molar refractivity (Wildman–Crippen MR) is 129 cm³/mol. The van der Waals surface area contributed by atoms with Crippen molar-refractivity contribution in [3.8, 4) is 11.5 Å². The number of hydrogen-bond donors (Lipinski definition) is 3. The van der Waals surface area contributed by atoms with Crippen LogP contribution in [-0.4, -0.2) is 22.7 Å². The van der Waals surface area contributed by atoms with Crippen molar-refractivity contribution in [2.45, 2.75) is 66.2 Å². The van der Waals surface area contributed by atoms with Gasteiger partial charge >= 0.3 is 0 Å². The fraction of sp³-hybridized carbons (Fsp3) is 0.500. The van der Waals surface area contributed by atoms with E-state index in [0.717, 1.165) is 24.7 Å². The molecule has 0 saturated heterocycles. The zero-order valence-corrected chi connectivity index (χ0v) is 19.5. The summed E-state index contributed by atoms with van der Waals surface area (Å²) in [5.74, 6) is 0.953. The summed E-state index contributed by atoms with van der Waals surface area (Å²) in [5.41, 5.74) is 2.54. The van der Waals surface area contributed by atoms with Crippen LogP contribution in [0, 0.1) is 11.8 Å². The lowest BCUT2D eigenvalue weighted by Gasteiger charge is -2.22. The minimum absolute atomic E-state index is 0.110. The molecule has 0 radical (unpaired) electrons. The smallest absolute Gasteiger partial charge is 0.260 e. The third-order valence-corrected chi connectivity index (χ3v) is 5.88. The van der Waals surface area contributed by atoms with Gasteiger partial charge in [0.05, 0.1) is 11.3 Å². The zero-order valence-electron chi connectivity index (χ0n) is 19.5. The Balaban J connectivity index is 2.02. The van der Waals surface area contributed by atoms with Gasteiger partial charge in [-0.15, -0.1) is 0 Å². The summed E-state index contributed by atoms with van der Waals surface area (Å²) in [4.78, 5) is 14.5. The van der Waals surface area contributed by atoms with E-state index in [1.165, 1.54) is 48.3 Å². The summed E-state index contributed by atoms with van der Waals surface area (Å²) in [5, 5.41) is 23.2. The quantitative estimate of drug-likeness (QED) is 0.173. The van der Waals surface area contributed by atoms with Gasteiger partial charge < -0.3 is 20.4 Å².